The van der Waals surface area contributed by atoms with Crippen LogP contribution in [-0.2, 0) is 3.67 Å². The summed E-state index contributed by atoms with van der Waals surface area (Å²) < 4.78 is 1.28. The minimum absolute atomic E-state index is 1.28. The Kier molecular flexibility index (Phi) is 5.47. The van der Waals surface area contributed by atoms with Gasteiger partial charge in [0.2, 0.25) is 0 Å². The van der Waals surface area contributed by atoms with Crippen molar-refractivity contribution in [1.82, 2.24) is 0 Å². The summed E-state index contributed by atoms with van der Waals surface area (Å²) in [5.74, 6) is 0. The predicted molar refractivity (Wildman–Crippen MR) is 79.8 cm³/mol. The minimum Gasteiger partial charge on any atom is -0.0616 e. The third kappa shape index (κ3) is 3.99. The van der Waals surface area contributed by atoms with Crippen molar-refractivity contribution in [1.29, 1.82) is 0 Å². The molecule has 0 N–H and O–H groups in total. The zero-order chi connectivity index (χ0) is 12.6. The average molecular weight is 242 g/mol. The van der Waals surface area contributed by atoms with Gasteiger partial charge in [-0.25, -0.2) is 0 Å². The van der Waals surface area contributed by atoms with Crippen LogP contribution in [0.2, 0.25) is 0 Å². The Morgan fingerprint density at radius 3 is 1.28 bits per heavy atom. The maximum absolute atomic E-state index is 2.17. The normalized spacial score (nSPS) is 9.67. The Morgan fingerprint density at radius 1 is 0.556 bits per heavy atom. The van der Waals surface area contributed by atoms with Crippen LogP contribution in [0.3, 0.4) is 0 Å². The fraction of sp³-hybridized carbons (Fsp3) is 0.0588. The molecule has 0 bridgehead atoms. The van der Waals surface area contributed by atoms with Gasteiger partial charge in [-0.2, -0.15) is 0 Å². The molecule has 3 aromatic rings. The van der Waals surface area contributed by atoms with E-state index >= 15 is 0 Å². The molecule has 0 aliphatic heterocycles. The van der Waals surface area contributed by atoms with Crippen LogP contribution >= 0.6 is 0 Å². The molecule has 1 heteroatoms. The van der Waals surface area contributed by atoms with E-state index in [1.165, 1.54) is 47.9 Å². The summed E-state index contributed by atoms with van der Waals surface area (Å²) >= 11 is 1.28. The minimum atomic E-state index is 1.28. The molecular weight excluding hydrogens is 227 g/mol. The Bertz CT molecular complexity index is 522. The third-order valence-corrected chi connectivity index (χ3v) is 3.73. The molecule has 0 aliphatic rings. The fourth-order valence-corrected chi connectivity index (χ4v) is 2.32. The van der Waals surface area contributed by atoms with Crippen molar-refractivity contribution in [3.05, 3.63) is 84.4 Å². The van der Waals surface area contributed by atoms with Crippen molar-refractivity contribution in [2.24, 2.45) is 0 Å². The van der Waals surface area contributed by atoms with Crippen molar-refractivity contribution in [3.63, 3.8) is 0 Å². The van der Waals surface area contributed by atoms with Gasteiger partial charge in [0.1, 0.15) is 0 Å². The molecule has 0 aromatic heterocycles. The van der Waals surface area contributed by atoms with Crippen molar-refractivity contribution in [3.8, 4) is 0 Å². The Balaban J connectivity index is 0.000000138. The van der Waals surface area contributed by atoms with Crippen LogP contribution < -0.4 is 0 Å². The second-order valence-electron chi connectivity index (χ2n) is 4.19. The van der Waals surface area contributed by atoms with Gasteiger partial charge in [-0.15, -0.1) is 0 Å². The second kappa shape index (κ2) is 7.38. The standard InChI is InChI=1S/C10H8.C7H7.Na/c1-2-6-10-8-4-3-7-9(10)5-1;1-7-5-3-2-4-6-7;/h1-8H;2-6H,1H2;. The zero-order valence-corrected chi connectivity index (χ0v) is 12.7. The van der Waals surface area contributed by atoms with Crippen LogP contribution in [0.15, 0.2) is 78.9 Å². The molecule has 0 radical (unpaired) electrons. The molecule has 3 rings (SSSR count). The predicted octanol–water partition coefficient (Wildman–Crippen LogP) is 4.19. The van der Waals surface area contributed by atoms with E-state index in [0.29, 0.717) is 0 Å². The molecule has 0 saturated carbocycles. The van der Waals surface area contributed by atoms with Crippen molar-refractivity contribution >= 4 is 38.7 Å². The topological polar surface area (TPSA) is 0 Å². The molecule has 0 atom stereocenters. The summed E-state index contributed by atoms with van der Waals surface area (Å²) in [6, 6.07) is 27.3. The summed E-state index contributed by atoms with van der Waals surface area (Å²) in [6.45, 7) is 0. The van der Waals surface area contributed by atoms with Crippen LogP contribution in [0.5, 0.6) is 0 Å². The van der Waals surface area contributed by atoms with E-state index in [9.17, 15) is 0 Å². The van der Waals surface area contributed by atoms with Gasteiger partial charge < -0.3 is 0 Å². The summed E-state index contributed by atoms with van der Waals surface area (Å²) in [5.41, 5.74) is 1.47. The fourth-order valence-electron chi connectivity index (χ4n) is 1.85. The number of hydrogen-bond acceptors (Lipinski definition) is 0. The summed E-state index contributed by atoms with van der Waals surface area (Å²) in [4.78, 5) is 0. The first-order chi connectivity index (χ1) is 8.90. The molecular formula is C17H15Na. The molecule has 0 amide bonds. The van der Waals surface area contributed by atoms with Gasteiger partial charge in [0.25, 0.3) is 0 Å². The number of fused-ring (bicyclic) bond motifs is 1. The number of hydrogen-bond donors (Lipinski definition) is 0. The monoisotopic (exact) mass is 242 g/mol. The van der Waals surface area contributed by atoms with Gasteiger partial charge in [0.05, 0.1) is 0 Å². The van der Waals surface area contributed by atoms with Crippen LogP contribution in [0, 0.1) is 0 Å². The molecule has 0 saturated heterocycles. The molecule has 18 heavy (non-hydrogen) atoms. The van der Waals surface area contributed by atoms with E-state index in [4.69, 9.17) is 0 Å². The van der Waals surface area contributed by atoms with E-state index in [0.717, 1.165) is 0 Å². The number of benzene rings is 3. The Labute approximate surface area is 126 Å². The molecule has 0 unspecified atom stereocenters. The van der Waals surface area contributed by atoms with Gasteiger partial charge in [0, 0.05) is 0 Å². The largest absolute Gasteiger partial charge is 0.0616 e. The number of rotatable bonds is 1. The van der Waals surface area contributed by atoms with E-state index in [-0.39, 0.29) is 0 Å². The van der Waals surface area contributed by atoms with Gasteiger partial charge in [0.15, 0.2) is 0 Å². The summed E-state index contributed by atoms with van der Waals surface area (Å²) in [7, 11) is 0. The van der Waals surface area contributed by atoms with Gasteiger partial charge in [-0.05, 0) is 10.8 Å². The second-order valence-corrected chi connectivity index (χ2v) is 4.89. The smallest absolute Gasteiger partial charge is 0.0184 e. The third-order valence-electron chi connectivity index (χ3n) is 2.91. The van der Waals surface area contributed by atoms with Gasteiger partial charge in [-0.3, -0.25) is 0 Å². The van der Waals surface area contributed by atoms with Crippen LogP contribution in [0.1, 0.15) is 5.56 Å². The molecule has 0 spiro atoms. The zero-order valence-electron chi connectivity index (χ0n) is 10.7. The summed E-state index contributed by atoms with van der Waals surface area (Å²) in [5, 5.41) is 2.62. The van der Waals surface area contributed by atoms with Crippen molar-refractivity contribution in [2.45, 2.75) is 3.67 Å². The first-order valence-electron chi connectivity index (χ1n) is 6.38. The first-order valence-corrected chi connectivity index (χ1v) is 7.79. The van der Waals surface area contributed by atoms with Crippen molar-refractivity contribution < 1.29 is 0 Å². The molecule has 84 valence electrons. The van der Waals surface area contributed by atoms with E-state index in [2.05, 4.69) is 78.9 Å². The maximum atomic E-state index is 2.17. The average Bonchev–Trinajstić information content (AvgIpc) is 2.49. The molecule has 0 fully saturated rings. The van der Waals surface area contributed by atoms with E-state index < -0.39 is 0 Å². The summed E-state index contributed by atoms with van der Waals surface area (Å²) in [6.07, 6.45) is 0. The van der Waals surface area contributed by atoms with Crippen LogP contribution in [0.4, 0.5) is 0 Å². The van der Waals surface area contributed by atoms with Gasteiger partial charge >= 0.3 is 67.5 Å². The molecule has 0 aliphatic carbocycles. The van der Waals surface area contributed by atoms with E-state index in [1.807, 2.05) is 0 Å². The van der Waals surface area contributed by atoms with E-state index in [1.54, 1.807) is 0 Å². The first kappa shape index (κ1) is 13.4. The van der Waals surface area contributed by atoms with Crippen LogP contribution in [0.25, 0.3) is 10.8 Å². The SMILES string of the molecule is [Na][CH2]c1ccccc1.c1ccc2ccccc2c1. The molecule has 0 heterocycles. The van der Waals surface area contributed by atoms with Crippen LogP contribution in [-0.4, -0.2) is 27.9 Å². The van der Waals surface area contributed by atoms with Gasteiger partial charge in [-0.1, -0.05) is 48.5 Å². The molecule has 0 nitrogen and oxygen atoms in total. The quantitative estimate of drug-likeness (QED) is 0.561. The maximum Gasteiger partial charge on any atom is -0.0184 e. The Hall–Kier alpha value is -1.08. The molecule has 3 aromatic carbocycles. The Morgan fingerprint density at radius 2 is 0.944 bits per heavy atom. The van der Waals surface area contributed by atoms with Crippen molar-refractivity contribution in [2.75, 3.05) is 0 Å².